The maximum atomic E-state index is 12.5. The summed E-state index contributed by atoms with van der Waals surface area (Å²) in [5.41, 5.74) is 3.10. The van der Waals surface area contributed by atoms with Gasteiger partial charge in [-0.25, -0.2) is 9.97 Å². The summed E-state index contributed by atoms with van der Waals surface area (Å²) < 4.78 is 0. The van der Waals surface area contributed by atoms with Crippen molar-refractivity contribution in [3.63, 3.8) is 0 Å². The number of aromatic nitrogens is 2. The van der Waals surface area contributed by atoms with E-state index in [9.17, 15) is 4.79 Å². The highest BCUT2D eigenvalue weighted by Crippen LogP contribution is 2.24. The van der Waals surface area contributed by atoms with Crippen LogP contribution in [0.4, 0.5) is 11.5 Å². The molecule has 6 heteroatoms. The second-order valence-corrected chi connectivity index (χ2v) is 6.84. The van der Waals surface area contributed by atoms with Crippen LogP contribution in [0.5, 0.6) is 0 Å². The number of nitrogens with one attached hydrogen (secondary N) is 2. The number of carbonyl (C=O) groups is 1. The molecule has 2 N–H and O–H groups in total. The molecule has 0 aliphatic carbocycles. The maximum absolute atomic E-state index is 12.5. The lowest BCUT2D eigenvalue weighted by molar-refractivity contribution is 0.102. The molecule has 27 heavy (non-hydrogen) atoms. The second kappa shape index (κ2) is 8.64. The fraction of sp³-hybridized carbons (Fsp3) is 0.190. The van der Waals surface area contributed by atoms with Crippen LogP contribution in [0, 0.1) is 0 Å². The van der Waals surface area contributed by atoms with Gasteiger partial charge in [-0.05, 0) is 29.2 Å². The third-order valence-corrected chi connectivity index (χ3v) is 4.50. The van der Waals surface area contributed by atoms with Gasteiger partial charge in [0, 0.05) is 17.3 Å². The highest BCUT2D eigenvalue weighted by atomic mass is 35.5. The zero-order chi connectivity index (χ0) is 19.2. The van der Waals surface area contributed by atoms with Gasteiger partial charge in [0.25, 0.3) is 5.91 Å². The molecule has 1 aromatic heterocycles. The number of carbonyl (C=O) groups excluding carboxylic acids is 1. The van der Waals surface area contributed by atoms with Crippen LogP contribution in [0.3, 0.4) is 0 Å². The number of nitrogens with zero attached hydrogens (tertiary/aromatic N) is 2. The Balaban J connectivity index is 1.65. The quantitative estimate of drug-likeness (QED) is 0.623. The molecule has 0 unspecified atom stereocenters. The Morgan fingerprint density at radius 3 is 2.48 bits per heavy atom. The number of para-hydroxylation sites is 1. The minimum atomic E-state index is -0.284. The van der Waals surface area contributed by atoms with Crippen LogP contribution in [0.15, 0.2) is 60.9 Å². The van der Waals surface area contributed by atoms with Gasteiger partial charge >= 0.3 is 0 Å². The van der Waals surface area contributed by atoms with E-state index in [1.807, 2.05) is 48.5 Å². The molecule has 0 saturated heterocycles. The lowest BCUT2D eigenvalue weighted by Gasteiger charge is -2.13. The molecule has 0 saturated carbocycles. The third kappa shape index (κ3) is 4.83. The van der Waals surface area contributed by atoms with Crippen LogP contribution in [-0.2, 0) is 6.54 Å². The van der Waals surface area contributed by atoms with Gasteiger partial charge in [0.15, 0.2) is 0 Å². The largest absolute Gasteiger partial charge is 0.365 e. The van der Waals surface area contributed by atoms with Crippen molar-refractivity contribution in [2.75, 3.05) is 10.6 Å². The molecule has 0 bridgehead atoms. The number of amides is 1. The molecular weight excluding hydrogens is 360 g/mol. The zero-order valence-corrected chi connectivity index (χ0v) is 16.0. The van der Waals surface area contributed by atoms with Crippen molar-refractivity contribution in [3.8, 4) is 0 Å². The van der Waals surface area contributed by atoms with Crippen molar-refractivity contribution in [3.05, 3.63) is 82.8 Å². The summed E-state index contributed by atoms with van der Waals surface area (Å²) in [7, 11) is 0. The van der Waals surface area contributed by atoms with E-state index in [0.717, 1.165) is 16.8 Å². The second-order valence-electron chi connectivity index (χ2n) is 6.43. The van der Waals surface area contributed by atoms with Gasteiger partial charge in [-0.1, -0.05) is 61.8 Å². The first-order valence-electron chi connectivity index (χ1n) is 8.74. The molecule has 5 nitrogen and oxygen atoms in total. The predicted molar refractivity (Wildman–Crippen MR) is 109 cm³/mol. The Labute approximate surface area is 163 Å². The summed E-state index contributed by atoms with van der Waals surface area (Å²) in [6.45, 7) is 4.70. The fourth-order valence-corrected chi connectivity index (χ4v) is 2.87. The SMILES string of the molecule is CC(C)c1ccccc1NC(=O)c1cnc(NCc2ccccc2Cl)cn1. The number of hydrogen-bond acceptors (Lipinski definition) is 4. The molecule has 0 fully saturated rings. The van der Waals surface area contributed by atoms with Gasteiger partial charge < -0.3 is 10.6 Å². The van der Waals surface area contributed by atoms with E-state index in [0.29, 0.717) is 23.3 Å². The molecule has 0 aliphatic heterocycles. The van der Waals surface area contributed by atoms with Crippen molar-refractivity contribution >= 4 is 29.0 Å². The van der Waals surface area contributed by atoms with E-state index in [2.05, 4.69) is 34.4 Å². The van der Waals surface area contributed by atoms with Crippen LogP contribution in [0.2, 0.25) is 5.02 Å². The first-order valence-corrected chi connectivity index (χ1v) is 9.12. The maximum Gasteiger partial charge on any atom is 0.275 e. The van der Waals surface area contributed by atoms with Crippen LogP contribution >= 0.6 is 11.6 Å². The molecule has 3 aromatic rings. The Bertz CT molecular complexity index is 925. The summed E-state index contributed by atoms with van der Waals surface area (Å²) >= 11 is 6.14. The standard InChI is InChI=1S/C21H21ClN4O/c1-14(2)16-8-4-6-10-18(16)26-21(27)19-12-25-20(13-23-19)24-11-15-7-3-5-9-17(15)22/h3-10,12-14H,11H2,1-2H3,(H,24,25)(H,26,27). The molecule has 3 rings (SSSR count). The van der Waals surface area contributed by atoms with Gasteiger partial charge in [0.1, 0.15) is 11.5 Å². The summed E-state index contributed by atoms with van der Waals surface area (Å²) in [4.78, 5) is 21.0. The summed E-state index contributed by atoms with van der Waals surface area (Å²) in [6, 6.07) is 15.4. The van der Waals surface area contributed by atoms with Crippen molar-refractivity contribution in [2.45, 2.75) is 26.3 Å². The van der Waals surface area contributed by atoms with E-state index in [-0.39, 0.29) is 11.6 Å². The minimum absolute atomic E-state index is 0.261. The average Bonchev–Trinajstić information content (AvgIpc) is 2.68. The van der Waals surface area contributed by atoms with Crippen molar-refractivity contribution in [1.29, 1.82) is 0 Å². The molecule has 0 atom stereocenters. The van der Waals surface area contributed by atoms with Crippen LogP contribution in [0.25, 0.3) is 0 Å². The van der Waals surface area contributed by atoms with Crippen LogP contribution < -0.4 is 10.6 Å². The molecular formula is C21H21ClN4O. The number of benzene rings is 2. The van der Waals surface area contributed by atoms with Crippen molar-refractivity contribution < 1.29 is 4.79 Å². The van der Waals surface area contributed by atoms with Crippen molar-refractivity contribution in [2.24, 2.45) is 0 Å². The highest BCUT2D eigenvalue weighted by Gasteiger charge is 2.12. The topological polar surface area (TPSA) is 66.9 Å². The average molecular weight is 381 g/mol. The van der Waals surface area contributed by atoms with Crippen molar-refractivity contribution in [1.82, 2.24) is 9.97 Å². The molecule has 1 heterocycles. The Morgan fingerprint density at radius 1 is 1.04 bits per heavy atom. The molecule has 0 radical (unpaired) electrons. The lowest BCUT2D eigenvalue weighted by atomic mass is 10.0. The Hall–Kier alpha value is -2.92. The monoisotopic (exact) mass is 380 g/mol. The number of halogens is 1. The fourth-order valence-electron chi connectivity index (χ4n) is 2.66. The van der Waals surface area contributed by atoms with Gasteiger partial charge in [-0.2, -0.15) is 0 Å². The van der Waals surface area contributed by atoms with Crippen LogP contribution in [0.1, 0.15) is 41.4 Å². The number of hydrogen-bond donors (Lipinski definition) is 2. The van der Waals surface area contributed by atoms with E-state index in [4.69, 9.17) is 11.6 Å². The van der Waals surface area contributed by atoms with Gasteiger partial charge in [-0.3, -0.25) is 4.79 Å². The molecule has 2 aromatic carbocycles. The number of anilines is 2. The van der Waals surface area contributed by atoms with E-state index >= 15 is 0 Å². The highest BCUT2D eigenvalue weighted by molar-refractivity contribution is 6.31. The van der Waals surface area contributed by atoms with Gasteiger partial charge in [-0.15, -0.1) is 0 Å². The molecule has 138 valence electrons. The van der Waals surface area contributed by atoms with E-state index in [1.165, 1.54) is 6.20 Å². The summed E-state index contributed by atoms with van der Waals surface area (Å²) in [5, 5.41) is 6.76. The smallest absolute Gasteiger partial charge is 0.275 e. The zero-order valence-electron chi connectivity index (χ0n) is 15.2. The number of rotatable bonds is 6. The predicted octanol–water partition coefficient (Wildman–Crippen LogP) is 5.12. The summed E-state index contributed by atoms with van der Waals surface area (Å²) in [5.74, 6) is 0.603. The third-order valence-electron chi connectivity index (χ3n) is 4.13. The Morgan fingerprint density at radius 2 is 1.78 bits per heavy atom. The lowest BCUT2D eigenvalue weighted by Crippen LogP contribution is -2.16. The first kappa shape index (κ1) is 18.9. The van der Waals surface area contributed by atoms with E-state index < -0.39 is 0 Å². The Kier molecular flexibility index (Phi) is 6.04. The van der Waals surface area contributed by atoms with Crippen LogP contribution in [-0.4, -0.2) is 15.9 Å². The normalized spacial score (nSPS) is 10.7. The summed E-state index contributed by atoms with van der Waals surface area (Å²) in [6.07, 6.45) is 3.00. The molecule has 1 amide bonds. The van der Waals surface area contributed by atoms with Gasteiger partial charge in [0.2, 0.25) is 0 Å². The minimum Gasteiger partial charge on any atom is -0.365 e. The molecule has 0 aliphatic rings. The van der Waals surface area contributed by atoms with E-state index in [1.54, 1.807) is 6.20 Å². The molecule has 0 spiro atoms. The first-order chi connectivity index (χ1) is 13.0. The van der Waals surface area contributed by atoms with Gasteiger partial charge in [0.05, 0.1) is 12.4 Å².